The molecule has 0 saturated carbocycles. The van der Waals surface area contributed by atoms with Crippen LogP contribution in [0.2, 0.25) is 0 Å². The van der Waals surface area contributed by atoms with Gasteiger partial charge in [0.1, 0.15) is 11.4 Å². The maximum Gasteiger partial charge on any atom is 0.494 e. The molecule has 2 aromatic carbocycles. The van der Waals surface area contributed by atoms with Crippen LogP contribution in [0.4, 0.5) is 8.78 Å². The molecule has 10 heteroatoms. The largest absolute Gasteiger partial charge is 0.497 e. The van der Waals surface area contributed by atoms with Crippen LogP contribution in [-0.4, -0.2) is 47.0 Å². The fourth-order valence-electron chi connectivity index (χ4n) is 4.00. The molecule has 34 heavy (non-hydrogen) atoms. The second-order valence-corrected chi connectivity index (χ2v) is 9.21. The first-order valence-corrected chi connectivity index (χ1v) is 11.0. The van der Waals surface area contributed by atoms with Crippen molar-refractivity contribution in [2.45, 2.75) is 26.8 Å². The molecule has 0 bridgehead atoms. The number of methoxy groups -OCH3 is 1. The number of nitrogens with zero attached hydrogens (tertiary/aromatic N) is 4. The molecular formula is C24H25BF2N4O3. The molecule has 5 rings (SSSR count). The molecule has 176 valence electrons. The van der Waals surface area contributed by atoms with E-state index in [4.69, 9.17) is 14.0 Å². The van der Waals surface area contributed by atoms with E-state index < -0.39 is 13.5 Å². The monoisotopic (exact) mass is 466 g/mol. The standard InChI is InChI=1S/C24H25BF2N4O3/c1-24(2)14-33-25(34-15-24)19-5-4-6-20-18(19)13-31(28-20)22-11-21(23(26)27)30(29-22)12-16-7-9-17(32-3)10-8-16/h4-11,13,23H,12,14-15H2,1-3H3. The number of benzene rings is 2. The lowest BCUT2D eigenvalue weighted by Gasteiger charge is -2.33. The van der Waals surface area contributed by atoms with Gasteiger partial charge in [-0.15, -0.1) is 0 Å². The second kappa shape index (κ2) is 8.85. The number of fused-ring (bicyclic) bond motifs is 1. The Morgan fingerprint density at radius 1 is 1.09 bits per heavy atom. The SMILES string of the molecule is COc1ccc(Cn2nc(-n3cc4c(B5OCC(C)(C)CO5)cccc4n3)cc2C(F)F)cc1. The predicted octanol–water partition coefficient (Wildman–Crippen LogP) is 3.98. The van der Waals surface area contributed by atoms with E-state index in [0.29, 0.717) is 30.3 Å². The Kier molecular flexibility index (Phi) is 5.87. The van der Waals surface area contributed by atoms with Gasteiger partial charge in [0.25, 0.3) is 6.43 Å². The zero-order valence-electron chi connectivity index (χ0n) is 19.2. The molecule has 0 atom stereocenters. The number of hydrogen-bond acceptors (Lipinski definition) is 5. The van der Waals surface area contributed by atoms with Crippen molar-refractivity contribution in [2.75, 3.05) is 20.3 Å². The molecular weight excluding hydrogens is 441 g/mol. The number of aromatic nitrogens is 4. The first kappa shape index (κ1) is 22.6. The topological polar surface area (TPSA) is 63.3 Å². The molecule has 1 aliphatic rings. The summed E-state index contributed by atoms with van der Waals surface area (Å²) in [7, 11) is 1.08. The Bertz CT molecular complexity index is 1290. The third-order valence-electron chi connectivity index (χ3n) is 5.84. The van der Waals surface area contributed by atoms with Gasteiger partial charge in [0.05, 0.1) is 19.2 Å². The van der Waals surface area contributed by atoms with Crippen molar-refractivity contribution in [3.05, 3.63) is 66.0 Å². The fraction of sp³-hybridized carbons (Fsp3) is 0.333. The van der Waals surface area contributed by atoms with E-state index in [9.17, 15) is 8.78 Å². The van der Waals surface area contributed by atoms with Gasteiger partial charge in [-0.25, -0.2) is 13.5 Å². The van der Waals surface area contributed by atoms with Gasteiger partial charge in [-0.05, 0) is 29.2 Å². The zero-order valence-corrected chi connectivity index (χ0v) is 19.2. The van der Waals surface area contributed by atoms with E-state index in [1.54, 1.807) is 25.4 Å². The van der Waals surface area contributed by atoms with Crippen LogP contribution in [0.3, 0.4) is 0 Å². The van der Waals surface area contributed by atoms with Crippen molar-refractivity contribution in [2.24, 2.45) is 5.41 Å². The highest BCUT2D eigenvalue weighted by Crippen LogP contribution is 2.25. The number of rotatable bonds is 6. The van der Waals surface area contributed by atoms with E-state index in [1.165, 1.54) is 15.4 Å². The lowest BCUT2D eigenvalue weighted by Crippen LogP contribution is -2.47. The van der Waals surface area contributed by atoms with Gasteiger partial charge in [0, 0.05) is 36.3 Å². The first-order valence-electron chi connectivity index (χ1n) is 11.0. The second-order valence-electron chi connectivity index (χ2n) is 9.21. The van der Waals surface area contributed by atoms with Gasteiger partial charge >= 0.3 is 7.12 Å². The average molecular weight is 466 g/mol. The minimum Gasteiger partial charge on any atom is -0.497 e. The van der Waals surface area contributed by atoms with Crippen LogP contribution < -0.4 is 10.2 Å². The number of hydrogen-bond donors (Lipinski definition) is 0. The molecule has 1 saturated heterocycles. The van der Waals surface area contributed by atoms with Gasteiger partial charge in [-0.2, -0.15) is 10.2 Å². The average Bonchev–Trinajstić information content (AvgIpc) is 3.44. The molecule has 0 aliphatic carbocycles. The summed E-state index contributed by atoms with van der Waals surface area (Å²) in [4.78, 5) is 0. The van der Waals surface area contributed by atoms with Crippen molar-refractivity contribution in [1.82, 2.24) is 19.6 Å². The summed E-state index contributed by atoms with van der Waals surface area (Å²) in [6.07, 6.45) is -0.890. The maximum absolute atomic E-state index is 13.8. The molecule has 7 nitrogen and oxygen atoms in total. The summed E-state index contributed by atoms with van der Waals surface area (Å²) in [6, 6.07) is 14.3. The Hall–Kier alpha value is -3.24. The van der Waals surface area contributed by atoms with E-state index >= 15 is 0 Å². The van der Waals surface area contributed by atoms with Crippen LogP contribution in [-0.2, 0) is 15.9 Å². The molecule has 1 fully saturated rings. The Morgan fingerprint density at radius 2 is 1.82 bits per heavy atom. The molecule has 3 heterocycles. The zero-order chi connectivity index (χ0) is 23.9. The lowest BCUT2D eigenvalue weighted by atomic mass is 9.74. The normalized spacial score (nSPS) is 15.9. The highest BCUT2D eigenvalue weighted by Gasteiger charge is 2.34. The summed E-state index contributed by atoms with van der Waals surface area (Å²) in [5.41, 5.74) is 2.17. The Labute approximate surface area is 196 Å². The van der Waals surface area contributed by atoms with Crippen molar-refractivity contribution in [3.8, 4) is 11.6 Å². The third-order valence-corrected chi connectivity index (χ3v) is 5.84. The van der Waals surface area contributed by atoms with E-state index in [1.807, 2.05) is 30.3 Å². The summed E-state index contributed by atoms with van der Waals surface area (Å²) >= 11 is 0. The quantitative estimate of drug-likeness (QED) is 0.403. The fourth-order valence-corrected chi connectivity index (χ4v) is 4.00. The Balaban J connectivity index is 1.47. The van der Waals surface area contributed by atoms with E-state index in [0.717, 1.165) is 16.4 Å². The molecule has 2 aromatic heterocycles. The molecule has 0 unspecified atom stereocenters. The smallest absolute Gasteiger partial charge is 0.494 e. The molecule has 4 aromatic rings. The van der Waals surface area contributed by atoms with Gasteiger partial charge < -0.3 is 14.0 Å². The highest BCUT2D eigenvalue weighted by molar-refractivity contribution is 6.64. The van der Waals surface area contributed by atoms with Crippen LogP contribution in [0, 0.1) is 5.41 Å². The summed E-state index contributed by atoms with van der Waals surface area (Å²) in [6.45, 7) is 5.54. The van der Waals surface area contributed by atoms with Crippen LogP contribution in [0.1, 0.15) is 31.5 Å². The van der Waals surface area contributed by atoms with E-state index in [2.05, 4.69) is 24.0 Å². The molecule has 0 N–H and O–H groups in total. The Morgan fingerprint density at radius 3 is 2.50 bits per heavy atom. The molecule has 0 spiro atoms. The van der Waals surface area contributed by atoms with Crippen LogP contribution in [0.5, 0.6) is 5.75 Å². The van der Waals surface area contributed by atoms with Gasteiger partial charge in [0.2, 0.25) is 0 Å². The molecule has 0 radical (unpaired) electrons. The lowest BCUT2D eigenvalue weighted by molar-refractivity contribution is 0.0344. The van der Waals surface area contributed by atoms with Crippen LogP contribution >= 0.6 is 0 Å². The van der Waals surface area contributed by atoms with Crippen LogP contribution in [0.25, 0.3) is 16.7 Å². The van der Waals surface area contributed by atoms with Gasteiger partial charge in [-0.1, -0.05) is 38.1 Å². The van der Waals surface area contributed by atoms with Crippen molar-refractivity contribution < 1.29 is 22.8 Å². The number of alkyl halides is 2. The van der Waals surface area contributed by atoms with Crippen molar-refractivity contribution in [3.63, 3.8) is 0 Å². The summed E-state index contributed by atoms with van der Waals surface area (Å²) in [5.74, 6) is 1.02. The third kappa shape index (κ3) is 4.43. The summed E-state index contributed by atoms with van der Waals surface area (Å²) in [5, 5.41) is 9.85. The minimum atomic E-state index is -2.67. The minimum absolute atomic E-state index is 0.0447. The molecule has 1 aliphatic heterocycles. The number of ether oxygens (including phenoxy) is 1. The predicted molar refractivity (Wildman–Crippen MR) is 125 cm³/mol. The first-order chi connectivity index (χ1) is 16.3. The summed E-state index contributed by atoms with van der Waals surface area (Å²) < 4.78 is 47.5. The van der Waals surface area contributed by atoms with Gasteiger partial charge in [0.15, 0.2) is 5.82 Å². The highest BCUT2D eigenvalue weighted by atomic mass is 19.3. The maximum atomic E-state index is 13.8. The van der Waals surface area contributed by atoms with Crippen molar-refractivity contribution in [1.29, 1.82) is 0 Å². The van der Waals surface area contributed by atoms with E-state index in [-0.39, 0.29) is 17.7 Å². The number of halogens is 2. The van der Waals surface area contributed by atoms with Gasteiger partial charge in [-0.3, -0.25) is 4.68 Å². The molecule has 0 amide bonds. The van der Waals surface area contributed by atoms with Crippen LogP contribution in [0.15, 0.2) is 54.7 Å². The van der Waals surface area contributed by atoms with Crippen molar-refractivity contribution >= 4 is 23.5 Å².